The average molecular weight is 332 g/mol. The van der Waals surface area contributed by atoms with Crippen molar-refractivity contribution in [3.63, 3.8) is 0 Å². The summed E-state index contributed by atoms with van der Waals surface area (Å²) in [4.78, 5) is 28.5. The first kappa shape index (κ1) is 16.2. The van der Waals surface area contributed by atoms with Gasteiger partial charge < -0.3 is 14.8 Å². The number of carbonyl (C=O) groups is 2. The molecule has 0 aromatic carbocycles. The number of methoxy groups -OCH3 is 1. The first-order chi connectivity index (χ1) is 11.5. The molecular weight excluding hydrogens is 315 g/mol. The van der Waals surface area contributed by atoms with Gasteiger partial charge in [-0.15, -0.1) is 0 Å². The van der Waals surface area contributed by atoms with Crippen molar-refractivity contribution in [1.82, 2.24) is 10.3 Å². The summed E-state index contributed by atoms with van der Waals surface area (Å²) in [7, 11) is 1.26. The van der Waals surface area contributed by atoms with Crippen LogP contribution in [0.25, 0.3) is 0 Å². The molecule has 0 radical (unpaired) electrons. The minimum absolute atomic E-state index is 0.0979. The number of nitrogens with zero attached hydrogens (tertiary/aromatic N) is 1. The molecule has 0 saturated carbocycles. The molecule has 6 nitrogen and oxygen atoms in total. The predicted molar refractivity (Wildman–Crippen MR) is 82.2 cm³/mol. The maximum Gasteiger partial charge on any atom is 0.337 e. The zero-order valence-electron chi connectivity index (χ0n) is 13.6. The summed E-state index contributed by atoms with van der Waals surface area (Å²) in [5.74, 6) is -2.34. The molecule has 1 unspecified atom stereocenters. The van der Waals surface area contributed by atoms with E-state index in [0.717, 1.165) is 6.20 Å². The number of pyridine rings is 1. The molecule has 0 amide bonds. The van der Waals surface area contributed by atoms with Gasteiger partial charge in [-0.1, -0.05) is 6.92 Å². The van der Waals surface area contributed by atoms with Crippen LogP contribution in [0.1, 0.15) is 30.9 Å². The number of esters is 2. The quantitative estimate of drug-likeness (QED) is 0.850. The summed E-state index contributed by atoms with van der Waals surface area (Å²) >= 11 is 0. The molecular formula is C17H17FN2O4. The molecule has 2 aliphatic rings. The maximum absolute atomic E-state index is 14.2. The Kier molecular flexibility index (Phi) is 4.09. The summed E-state index contributed by atoms with van der Waals surface area (Å²) in [6.45, 7) is 3.62. The third kappa shape index (κ3) is 2.36. The summed E-state index contributed by atoms with van der Waals surface area (Å²) in [5, 5.41) is 3.02. The van der Waals surface area contributed by atoms with Crippen LogP contribution in [0.15, 0.2) is 34.9 Å². The smallest absolute Gasteiger partial charge is 0.337 e. The summed E-state index contributed by atoms with van der Waals surface area (Å²) in [5.41, 5.74) is 2.60. The molecule has 24 heavy (non-hydrogen) atoms. The number of nitrogens with one attached hydrogen (secondary N) is 1. The van der Waals surface area contributed by atoms with Gasteiger partial charge in [-0.3, -0.25) is 4.98 Å². The molecule has 7 heteroatoms. The highest BCUT2D eigenvalue weighted by molar-refractivity contribution is 6.01. The van der Waals surface area contributed by atoms with Crippen molar-refractivity contribution >= 4 is 11.9 Å². The van der Waals surface area contributed by atoms with Crippen LogP contribution in [0.2, 0.25) is 0 Å². The van der Waals surface area contributed by atoms with Gasteiger partial charge in [0.25, 0.3) is 0 Å². The van der Waals surface area contributed by atoms with Crippen molar-refractivity contribution in [1.29, 1.82) is 0 Å². The van der Waals surface area contributed by atoms with Crippen LogP contribution < -0.4 is 5.32 Å². The van der Waals surface area contributed by atoms with Gasteiger partial charge in [-0.05, 0) is 24.5 Å². The van der Waals surface area contributed by atoms with Crippen molar-refractivity contribution in [3.8, 4) is 0 Å². The molecule has 1 aromatic heterocycles. The van der Waals surface area contributed by atoms with Crippen molar-refractivity contribution in [2.45, 2.75) is 26.2 Å². The van der Waals surface area contributed by atoms with Crippen LogP contribution in [-0.4, -0.2) is 30.6 Å². The van der Waals surface area contributed by atoms with E-state index in [2.05, 4.69) is 10.3 Å². The number of cyclic esters (lactones) is 1. The molecule has 0 spiro atoms. The molecule has 0 fully saturated rings. The lowest BCUT2D eigenvalue weighted by atomic mass is 9.79. The van der Waals surface area contributed by atoms with Crippen molar-refractivity contribution in [2.24, 2.45) is 0 Å². The summed E-state index contributed by atoms with van der Waals surface area (Å²) in [6, 6.07) is 0. The Hall–Kier alpha value is -2.70. The zero-order valence-corrected chi connectivity index (χ0v) is 13.6. The van der Waals surface area contributed by atoms with Gasteiger partial charge in [-0.2, -0.15) is 0 Å². The zero-order chi connectivity index (χ0) is 17.4. The number of rotatable bonds is 3. The van der Waals surface area contributed by atoms with E-state index >= 15 is 0 Å². The first-order valence-electron chi connectivity index (χ1n) is 7.58. The Bertz CT molecular complexity index is 798. The van der Waals surface area contributed by atoms with Crippen LogP contribution >= 0.6 is 0 Å². The van der Waals surface area contributed by atoms with Gasteiger partial charge >= 0.3 is 11.9 Å². The molecule has 1 aromatic rings. The van der Waals surface area contributed by atoms with Gasteiger partial charge in [0.1, 0.15) is 12.4 Å². The Balaban J connectivity index is 2.26. The topological polar surface area (TPSA) is 77.5 Å². The number of halogens is 1. The van der Waals surface area contributed by atoms with Crippen LogP contribution in [0.4, 0.5) is 4.39 Å². The van der Waals surface area contributed by atoms with Gasteiger partial charge in [0.05, 0.1) is 36.1 Å². The molecule has 2 aliphatic heterocycles. The van der Waals surface area contributed by atoms with Crippen LogP contribution in [0.3, 0.4) is 0 Å². The van der Waals surface area contributed by atoms with E-state index in [1.54, 1.807) is 13.8 Å². The van der Waals surface area contributed by atoms with E-state index in [0.29, 0.717) is 34.5 Å². The van der Waals surface area contributed by atoms with E-state index in [4.69, 9.17) is 9.47 Å². The fraction of sp³-hybridized carbons (Fsp3) is 0.353. The normalized spacial score (nSPS) is 19.8. The molecule has 1 N–H and O–H groups in total. The van der Waals surface area contributed by atoms with Crippen molar-refractivity contribution in [2.75, 3.05) is 13.7 Å². The van der Waals surface area contributed by atoms with Crippen LogP contribution in [-0.2, 0) is 25.5 Å². The lowest BCUT2D eigenvalue weighted by molar-refractivity contribution is -0.136. The second-order valence-corrected chi connectivity index (χ2v) is 5.60. The number of ether oxygens (including phenoxy) is 2. The predicted octanol–water partition coefficient (Wildman–Crippen LogP) is 1.73. The molecule has 126 valence electrons. The molecule has 1 atom stereocenters. The van der Waals surface area contributed by atoms with E-state index in [1.165, 1.54) is 13.3 Å². The third-order valence-corrected chi connectivity index (χ3v) is 4.32. The summed E-state index contributed by atoms with van der Waals surface area (Å²) < 4.78 is 24.2. The number of hydrogen-bond donors (Lipinski definition) is 1. The summed E-state index contributed by atoms with van der Waals surface area (Å²) in [6.07, 6.45) is 3.02. The third-order valence-electron chi connectivity index (χ3n) is 4.32. The van der Waals surface area contributed by atoms with Crippen LogP contribution in [0.5, 0.6) is 0 Å². The monoisotopic (exact) mass is 332 g/mol. The first-order valence-corrected chi connectivity index (χ1v) is 7.58. The van der Waals surface area contributed by atoms with E-state index < -0.39 is 23.7 Å². The van der Waals surface area contributed by atoms with Crippen molar-refractivity contribution in [3.05, 3.63) is 51.9 Å². The van der Waals surface area contributed by atoms with Crippen molar-refractivity contribution < 1.29 is 23.5 Å². The number of carbonyl (C=O) groups excluding carboxylic acids is 2. The number of aromatic nitrogens is 1. The Morgan fingerprint density at radius 3 is 2.92 bits per heavy atom. The fourth-order valence-corrected chi connectivity index (χ4v) is 3.26. The Labute approximate surface area is 138 Å². The van der Waals surface area contributed by atoms with Gasteiger partial charge in [-0.25, -0.2) is 14.0 Å². The lowest BCUT2D eigenvalue weighted by Gasteiger charge is -2.28. The minimum atomic E-state index is -0.762. The standard InChI is InChI=1S/C17H17FN2O4/c1-4-9-10(5-19-6-11(9)18)14-13(16(21)23-3)8(2)20-12-7-24-17(22)15(12)14/h5-6,14,20H,4,7H2,1-3H3. The van der Waals surface area contributed by atoms with E-state index in [9.17, 15) is 14.0 Å². The second-order valence-electron chi connectivity index (χ2n) is 5.60. The van der Waals surface area contributed by atoms with E-state index in [-0.39, 0.29) is 12.2 Å². The largest absolute Gasteiger partial charge is 0.466 e. The SMILES string of the molecule is CCc1c(F)cncc1C1C(C(=O)OC)=C(C)NC2=C1C(=O)OC2. The Morgan fingerprint density at radius 2 is 2.25 bits per heavy atom. The maximum atomic E-state index is 14.2. The lowest BCUT2D eigenvalue weighted by Crippen LogP contribution is -2.30. The number of dihydropyridines is 1. The van der Waals surface area contributed by atoms with E-state index in [1.807, 2.05) is 0 Å². The second kappa shape index (κ2) is 6.07. The minimum Gasteiger partial charge on any atom is -0.466 e. The highest BCUT2D eigenvalue weighted by Gasteiger charge is 2.42. The molecule has 0 aliphatic carbocycles. The van der Waals surface area contributed by atoms with Crippen LogP contribution in [0, 0.1) is 5.82 Å². The Morgan fingerprint density at radius 1 is 1.50 bits per heavy atom. The molecule has 3 rings (SSSR count). The number of hydrogen-bond acceptors (Lipinski definition) is 6. The molecule has 3 heterocycles. The highest BCUT2D eigenvalue weighted by Crippen LogP contribution is 2.42. The van der Waals surface area contributed by atoms with Gasteiger partial charge in [0, 0.05) is 11.9 Å². The average Bonchev–Trinajstić information content (AvgIpc) is 2.93. The molecule has 0 saturated heterocycles. The van der Waals surface area contributed by atoms with Gasteiger partial charge in [0.2, 0.25) is 0 Å². The highest BCUT2D eigenvalue weighted by atomic mass is 19.1. The van der Waals surface area contributed by atoms with Gasteiger partial charge in [0.15, 0.2) is 0 Å². The number of allylic oxidation sites excluding steroid dienone is 1. The fourth-order valence-electron chi connectivity index (χ4n) is 3.26. The molecule has 0 bridgehead atoms.